The van der Waals surface area contributed by atoms with Gasteiger partial charge in [-0.2, -0.15) is 5.26 Å². The summed E-state index contributed by atoms with van der Waals surface area (Å²) in [5.74, 6) is 0.154. The third-order valence-electron chi connectivity index (χ3n) is 6.93. The molecule has 10 nitrogen and oxygen atoms in total. The summed E-state index contributed by atoms with van der Waals surface area (Å²) in [5.41, 5.74) is 3.25. The number of amides is 2. The number of fused-ring (bicyclic) bond motifs is 1. The molecule has 0 bridgehead atoms. The molecule has 0 saturated heterocycles. The van der Waals surface area contributed by atoms with Crippen LogP contribution in [0.5, 0.6) is 0 Å². The van der Waals surface area contributed by atoms with Gasteiger partial charge in [-0.25, -0.2) is 9.97 Å². The molecule has 11 heteroatoms. The number of anilines is 2. The summed E-state index contributed by atoms with van der Waals surface area (Å²) < 4.78 is 7.09. The molecule has 0 saturated carbocycles. The molecule has 3 aromatic heterocycles. The number of imidazole rings is 1. The Labute approximate surface area is 250 Å². The maximum absolute atomic E-state index is 13.3. The van der Waals surface area contributed by atoms with E-state index in [4.69, 9.17) is 9.40 Å². The fourth-order valence-electron chi connectivity index (χ4n) is 4.69. The fraction of sp³-hybridized carbons (Fsp3) is 0.0938. The van der Waals surface area contributed by atoms with Gasteiger partial charge in [-0.05, 0) is 54.1 Å². The average Bonchev–Trinajstić information content (AvgIpc) is 3.81. The second kappa shape index (κ2) is 11.7. The number of aliphatic hydroxyl groups excluding tert-OH is 1. The van der Waals surface area contributed by atoms with Crippen LogP contribution < -0.4 is 10.2 Å². The Bertz CT molecular complexity index is 1970. The number of nitrogens with one attached hydrogen (secondary N) is 1. The lowest BCUT2D eigenvalue weighted by molar-refractivity contribution is 0.0991. The highest BCUT2D eigenvalue weighted by Crippen LogP contribution is 2.31. The van der Waals surface area contributed by atoms with Gasteiger partial charge >= 0.3 is 0 Å². The molecule has 0 unspecified atom stereocenters. The second-order valence-electron chi connectivity index (χ2n) is 9.69. The van der Waals surface area contributed by atoms with Crippen LogP contribution in [0.2, 0.25) is 0 Å². The van der Waals surface area contributed by atoms with Crippen LogP contribution in [0.25, 0.3) is 21.7 Å². The Morgan fingerprint density at radius 2 is 1.93 bits per heavy atom. The van der Waals surface area contributed by atoms with Crippen molar-refractivity contribution in [3.05, 3.63) is 119 Å². The SMILES string of the molecule is CN(C(=O)c1cccc(C#N)c1)c1ccc2c(c1)nc(NC(=O)c1ccc(-c3cnco3)s1)n2C[C@H](O)c1ccccc1. The number of aliphatic hydroxyl groups is 1. The number of oxazole rings is 1. The summed E-state index contributed by atoms with van der Waals surface area (Å²) in [5, 5.41) is 23.2. The van der Waals surface area contributed by atoms with Crippen LogP contribution in [-0.2, 0) is 6.54 Å². The number of nitriles is 1. The van der Waals surface area contributed by atoms with Crippen molar-refractivity contribution >= 4 is 45.8 Å². The first-order valence-corrected chi connectivity index (χ1v) is 14.0. The van der Waals surface area contributed by atoms with Gasteiger partial charge in [0.25, 0.3) is 11.8 Å². The molecule has 3 heterocycles. The first-order chi connectivity index (χ1) is 20.9. The molecule has 0 aliphatic heterocycles. The summed E-state index contributed by atoms with van der Waals surface area (Å²) >= 11 is 1.26. The highest BCUT2D eigenvalue weighted by Gasteiger charge is 2.21. The fourth-order valence-corrected chi connectivity index (χ4v) is 5.54. The minimum absolute atomic E-state index is 0.124. The molecule has 0 aliphatic carbocycles. The lowest BCUT2D eigenvalue weighted by Crippen LogP contribution is -2.26. The Balaban J connectivity index is 1.33. The van der Waals surface area contributed by atoms with Crippen LogP contribution in [0, 0.1) is 11.3 Å². The molecule has 2 amide bonds. The van der Waals surface area contributed by atoms with Crippen molar-refractivity contribution in [2.24, 2.45) is 0 Å². The molecule has 6 rings (SSSR count). The van der Waals surface area contributed by atoms with Gasteiger partial charge in [0.15, 0.2) is 12.2 Å². The number of aromatic nitrogens is 3. The van der Waals surface area contributed by atoms with Gasteiger partial charge in [0.1, 0.15) is 0 Å². The highest BCUT2D eigenvalue weighted by atomic mass is 32.1. The van der Waals surface area contributed by atoms with E-state index >= 15 is 0 Å². The maximum Gasteiger partial charge on any atom is 0.268 e. The molecule has 43 heavy (non-hydrogen) atoms. The molecule has 6 aromatic rings. The summed E-state index contributed by atoms with van der Waals surface area (Å²) in [6.07, 6.45) is 2.04. The van der Waals surface area contributed by atoms with Crippen LogP contribution in [0.15, 0.2) is 102 Å². The first kappa shape index (κ1) is 27.6. The van der Waals surface area contributed by atoms with E-state index in [1.165, 1.54) is 22.6 Å². The average molecular weight is 589 g/mol. The number of carbonyl (C=O) groups excluding carboxylic acids is 2. The number of thiophene rings is 1. The van der Waals surface area contributed by atoms with Crippen molar-refractivity contribution in [2.75, 3.05) is 17.3 Å². The van der Waals surface area contributed by atoms with Crippen LogP contribution in [0.1, 0.15) is 37.3 Å². The Morgan fingerprint density at radius 3 is 2.70 bits per heavy atom. The van der Waals surface area contributed by atoms with E-state index in [0.29, 0.717) is 38.5 Å². The van der Waals surface area contributed by atoms with Crippen molar-refractivity contribution in [1.82, 2.24) is 14.5 Å². The van der Waals surface area contributed by atoms with Crippen molar-refractivity contribution in [3.63, 3.8) is 0 Å². The molecule has 0 fully saturated rings. The number of hydrogen-bond donors (Lipinski definition) is 2. The van der Waals surface area contributed by atoms with Gasteiger partial charge in [0.2, 0.25) is 5.95 Å². The van der Waals surface area contributed by atoms with E-state index in [-0.39, 0.29) is 24.3 Å². The molecule has 1 atom stereocenters. The van der Waals surface area contributed by atoms with Crippen LogP contribution in [-0.4, -0.2) is 38.5 Å². The summed E-state index contributed by atoms with van der Waals surface area (Å²) in [4.78, 5) is 37.8. The monoisotopic (exact) mass is 588 g/mol. The van der Waals surface area contributed by atoms with Gasteiger partial charge in [-0.15, -0.1) is 11.3 Å². The topological polar surface area (TPSA) is 137 Å². The van der Waals surface area contributed by atoms with Crippen molar-refractivity contribution in [2.45, 2.75) is 12.6 Å². The number of rotatable bonds is 8. The quantitative estimate of drug-likeness (QED) is 0.226. The van der Waals surface area contributed by atoms with Gasteiger partial charge in [-0.1, -0.05) is 36.4 Å². The standard InChI is InChI=1S/C32H24N6O4S/c1-37(31(41)22-9-5-6-20(14-22)16-33)23-10-11-25-24(15-23)35-32(38(25)18-26(39)21-7-3-2-4-8-21)36-30(40)29-13-12-28(43-29)27-17-34-19-42-27/h2-15,17,19,26,39H,18H2,1H3,(H,35,36,40)/t26-/m0/s1. The maximum atomic E-state index is 13.3. The molecule has 2 N–H and O–H groups in total. The van der Waals surface area contributed by atoms with Crippen molar-refractivity contribution in [1.29, 1.82) is 5.26 Å². The second-order valence-corrected chi connectivity index (χ2v) is 10.8. The number of hydrogen-bond acceptors (Lipinski definition) is 8. The van der Waals surface area contributed by atoms with Gasteiger partial charge in [0.05, 0.1) is 51.3 Å². The van der Waals surface area contributed by atoms with Crippen LogP contribution in [0.3, 0.4) is 0 Å². The normalized spacial score (nSPS) is 11.7. The Kier molecular flexibility index (Phi) is 7.53. The first-order valence-electron chi connectivity index (χ1n) is 13.2. The van der Waals surface area contributed by atoms with E-state index in [1.807, 2.05) is 30.3 Å². The van der Waals surface area contributed by atoms with Crippen LogP contribution in [0.4, 0.5) is 11.6 Å². The molecule has 0 radical (unpaired) electrons. The zero-order valence-corrected chi connectivity index (χ0v) is 23.7. The minimum Gasteiger partial charge on any atom is -0.443 e. The van der Waals surface area contributed by atoms with Crippen molar-refractivity contribution in [3.8, 4) is 16.7 Å². The lowest BCUT2D eigenvalue weighted by atomic mass is 10.1. The lowest BCUT2D eigenvalue weighted by Gasteiger charge is -2.18. The Hall–Kier alpha value is -5.57. The van der Waals surface area contributed by atoms with E-state index < -0.39 is 6.10 Å². The van der Waals surface area contributed by atoms with Crippen LogP contribution >= 0.6 is 11.3 Å². The predicted molar refractivity (Wildman–Crippen MR) is 163 cm³/mol. The largest absolute Gasteiger partial charge is 0.443 e. The molecular weight excluding hydrogens is 564 g/mol. The van der Waals surface area contributed by atoms with E-state index in [2.05, 4.69) is 16.4 Å². The van der Waals surface area contributed by atoms with Crippen molar-refractivity contribution < 1.29 is 19.1 Å². The summed E-state index contributed by atoms with van der Waals surface area (Å²) in [7, 11) is 1.64. The molecule has 3 aromatic carbocycles. The zero-order chi connectivity index (χ0) is 29.9. The van der Waals surface area contributed by atoms with E-state index in [9.17, 15) is 20.0 Å². The number of nitrogens with zero attached hydrogens (tertiary/aromatic N) is 5. The number of benzene rings is 3. The highest BCUT2D eigenvalue weighted by molar-refractivity contribution is 7.17. The van der Waals surface area contributed by atoms with Gasteiger partial charge < -0.3 is 19.0 Å². The molecule has 0 spiro atoms. The van der Waals surface area contributed by atoms with E-state index in [0.717, 1.165) is 10.4 Å². The molecular formula is C32H24N6O4S. The Morgan fingerprint density at radius 1 is 1.09 bits per heavy atom. The third-order valence-corrected chi connectivity index (χ3v) is 8.03. The predicted octanol–water partition coefficient (Wildman–Crippen LogP) is 5.89. The molecule has 0 aliphatic rings. The van der Waals surface area contributed by atoms with Gasteiger partial charge in [0, 0.05) is 18.3 Å². The summed E-state index contributed by atoms with van der Waals surface area (Å²) in [6, 6.07) is 26.6. The van der Waals surface area contributed by atoms with Gasteiger partial charge in [-0.3, -0.25) is 14.9 Å². The van der Waals surface area contributed by atoms with E-state index in [1.54, 1.807) is 72.4 Å². The minimum atomic E-state index is -0.870. The smallest absolute Gasteiger partial charge is 0.268 e. The number of carbonyl (C=O) groups is 2. The third kappa shape index (κ3) is 5.65. The zero-order valence-electron chi connectivity index (χ0n) is 22.8. The molecule has 212 valence electrons. The summed E-state index contributed by atoms with van der Waals surface area (Å²) in [6.45, 7) is 0.124.